The third-order valence-electron chi connectivity index (χ3n) is 4.81. The van der Waals surface area contributed by atoms with Crippen molar-refractivity contribution in [2.24, 2.45) is 0 Å². The van der Waals surface area contributed by atoms with Gasteiger partial charge in [-0.05, 0) is 30.7 Å². The van der Waals surface area contributed by atoms with Crippen molar-refractivity contribution in [1.29, 1.82) is 0 Å². The van der Waals surface area contributed by atoms with Crippen molar-refractivity contribution in [1.82, 2.24) is 25.4 Å². The maximum absolute atomic E-state index is 11.8. The van der Waals surface area contributed by atoms with Crippen LogP contribution >= 0.6 is 0 Å². The largest absolute Gasteiger partial charge is 0.338 e. The molecular formula is C21H29N5O. The third-order valence-corrected chi connectivity index (χ3v) is 4.81. The first-order valence-electron chi connectivity index (χ1n) is 9.70. The lowest BCUT2D eigenvalue weighted by molar-refractivity contribution is 0.126. The monoisotopic (exact) mass is 367 g/mol. The molecule has 0 unspecified atom stereocenters. The molecule has 1 aromatic heterocycles. The number of carbonyl (C=O) groups excluding carboxylic acids is 1. The maximum Gasteiger partial charge on any atom is 0.315 e. The van der Waals surface area contributed by atoms with E-state index < -0.39 is 0 Å². The summed E-state index contributed by atoms with van der Waals surface area (Å²) in [6.07, 6.45) is 2.70. The molecule has 1 saturated heterocycles. The summed E-state index contributed by atoms with van der Waals surface area (Å²) in [6, 6.07) is 16.2. The Bertz CT molecular complexity index is 671. The van der Waals surface area contributed by atoms with Gasteiger partial charge in [0.15, 0.2) is 0 Å². The van der Waals surface area contributed by atoms with E-state index in [1.807, 2.05) is 18.2 Å². The number of aromatic nitrogens is 1. The van der Waals surface area contributed by atoms with Crippen LogP contribution in [0, 0.1) is 0 Å². The Labute approximate surface area is 161 Å². The van der Waals surface area contributed by atoms with Gasteiger partial charge in [-0.25, -0.2) is 4.79 Å². The van der Waals surface area contributed by atoms with E-state index in [0.29, 0.717) is 13.1 Å². The van der Waals surface area contributed by atoms with E-state index in [-0.39, 0.29) is 6.03 Å². The predicted octanol–water partition coefficient (Wildman–Crippen LogP) is 2.09. The number of pyridine rings is 1. The fourth-order valence-corrected chi connectivity index (χ4v) is 3.25. The molecule has 144 valence electrons. The molecule has 1 aliphatic rings. The molecule has 3 rings (SSSR count). The van der Waals surface area contributed by atoms with Crippen LogP contribution in [-0.2, 0) is 13.1 Å². The van der Waals surface area contributed by atoms with Crippen LogP contribution in [0.4, 0.5) is 4.79 Å². The number of hydrogen-bond donors (Lipinski definition) is 2. The second-order valence-electron chi connectivity index (χ2n) is 6.89. The Hall–Kier alpha value is -2.44. The first kappa shape index (κ1) is 19.3. The summed E-state index contributed by atoms with van der Waals surface area (Å²) in [7, 11) is 0. The summed E-state index contributed by atoms with van der Waals surface area (Å²) < 4.78 is 0. The predicted molar refractivity (Wildman–Crippen MR) is 107 cm³/mol. The number of rotatable bonds is 8. The van der Waals surface area contributed by atoms with Crippen molar-refractivity contribution in [2.75, 3.05) is 39.3 Å². The van der Waals surface area contributed by atoms with Gasteiger partial charge in [-0.15, -0.1) is 0 Å². The lowest BCUT2D eigenvalue weighted by Gasteiger charge is -2.34. The molecule has 0 bridgehead atoms. The zero-order valence-electron chi connectivity index (χ0n) is 15.8. The molecule has 2 N–H and O–H groups in total. The van der Waals surface area contributed by atoms with Crippen LogP contribution in [0.5, 0.6) is 0 Å². The van der Waals surface area contributed by atoms with Crippen LogP contribution in [0.25, 0.3) is 0 Å². The van der Waals surface area contributed by atoms with Crippen molar-refractivity contribution < 1.29 is 4.79 Å². The highest BCUT2D eigenvalue weighted by atomic mass is 16.2. The van der Waals surface area contributed by atoms with Gasteiger partial charge in [0.1, 0.15) is 0 Å². The number of benzene rings is 1. The SMILES string of the molecule is O=C(NCCCN1CCN(Cc2ccccc2)CC1)NCc1ccccn1. The molecule has 2 heterocycles. The zero-order chi connectivity index (χ0) is 18.7. The number of nitrogens with one attached hydrogen (secondary N) is 2. The van der Waals surface area contributed by atoms with E-state index in [0.717, 1.165) is 51.4 Å². The molecule has 1 aromatic carbocycles. The Morgan fingerprint density at radius 1 is 0.926 bits per heavy atom. The molecule has 0 spiro atoms. The van der Waals surface area contributed by atoms with Crippen LogP contribution in [-0.4, -0.2) is 60.1 Å². The van der Waals surface area contributed by atoms with Crippen LogP contribution in [0.2, 0.25) is 0 Å². The highest BCUT2D eigenvalue weighted by molar-refractivity contribution is 5.73. The number of hydrogen-bond acceptors (Lipinski definition) is 4. The Morgan fingerprint density at radius 3 is 2.41 bits per heavy atom. The molecular weight excluding hydrogens is 338 g/mol. The molecule has 0 saturated carbocycles. The highest BCUT2D eigenvalue weighted by Crippen LogP contribution is 2.08. The summed E-state index contributed by atoms with van der Waals surface area (Å²) in [6.45, 7) is 7.61. The topological polar surface area (TPSA) is 60.5 Å². The minimum Gasteiger partial charge on any atom is -0.338 e. The fraction of sp³-hybridized carbons (Fsp3) is 0.429. The van der Waals surface area contributed by atoms with Gasteiger partial charge in [0, 0.05) is 45.5 Å². The van der Waals surface area contributed by atoms with Gasteiger partial charge >= 0.3 is 6.03 Å². The standard InChI is InChI=1S/C21H29N5O/c27-21(24-17-20-9-4-5-10-22-20)23-11-6-12-25-13-15-26(16-14-25)18-19-7-2-1-3-8-19/h1-5,7-10H,6,11-18H2,(H2,23,24,27). The lowest BCUT2D eigenvalue weighted by Crippen LogP contribution is -2.46. The first-order valence-corrected chi connectivity index (χ1v) is 9.70. The van der Waals surface area contributed by atoms with E-state index in [1.54, 1.807) is 6.20 Å². The lowest BCUT2D eigenvalue weighted by atomic mass is 10.2. The first-order chi connectivity index (χ1) is 13.3. The van der Waals surface area contributed by atoms with E-state index in [2.05, 4.69) is 55.7 Å². The van der Waals surface area contributed by atoms with Crippen molar-refractivity contribution in [3.8, 4) is 0 Å². The minimum absolute atomic E-state index is 0.131. The van der Waals surface area contributed by atoms with Crippen molar-refractivity contribution in [2.45, 2.75) is 19.5 Å². The van der Waals surface area contributed by atoms with Gasteiger partial charge in [0.05, 0.1) is 12.2 Å². The summed E-state index contributed by atoms with van der Waals surface area (Å²) in [5, 5.41) is 5.75. The van der Waals surface area contributed by atoms with Crippen molar-refractivity contribution in [3.05, 3.63) is 66.0 Å². The Balaban J connectivity index is 1.23. The summed E-state index contributed by atoms with van der Waals surface area (Å²) >= 11 is 0. The van der Waals surface area contributed by atoms with Crippen LogP contribution in [0.3, 0.4) is 0 Å². The number of urea groups is 1. The zero-order valence-corrected chi connectivity index (χ0v) is 15.8. The summed E-state index contributed by atoms with van der Waals surface area (Å²) in [5.74, 6) is 0. The Morgan fingerprint density at radius 2 is 1.67 bits per heavy atom. The van der Waals surface area contributed by atoms with Gasteiger partial charge in [-0.3, -0.25) is 9.88 Å². The molecule has 2 amide bonds. The third kappa shape index (κ3) is 7.00. The van der Waals surface area contributed by atoms with E-state index in [4.69, 9.17) is 0 Å². The van der Waals surface area contributed by atoms with Crippen molar-refractivity contribution in [3.63, 3.8) is 0 Å². The molecule has 27 heavy (non-hydrogen) atoms. The van der Waals surface area contributed by atoms with E-state index >= 15 is 0 Å². The quantitative estimate of drug-likeness (QED) is 0.702. The average molecular weight is 367 g/mol. The van der Waals surface area contributed by atoms with Gasteiger partial charge in [-0.2, -0.15) is 0 Å². The smallest absolute Gasteiger partial charge is 0.315 e. The van der Waals surface area contributed by atoms with Crippen LogP contribution in [0.15, 0.2) is 54.7 Å². The average Bonchev–Trinajstić information content (AvgIpc) is 2.72. The number of nitrogens with zero attached hydrogens (tertiary/aromatic N) is 3. The van der Waals surface area contributed by atoms with Gasteiger partial charge < -0.3 is 15.5 Å². The molecule has 6 heteroatoms. The Kier molecular flexibility index (Phi) is 7.62. The molecule has 6 nitrogen and oxygen atoms in total. The van der Waals surface area contributed by atoms with Crippen molar-refractivity contribution >= 4 is 6.03 Å². The minimum atomic E-state index is -0.131. The highest BCUT2D eigenvalue weighted by Gasteiger charge is 2.16. The van der Waals surface area contributed by atoms with Gasteiger partial charge in [0.25, 0.3) is 0 Å². The number of carbonyl (C=O) groups is 1. The molecule has 0 atom stereocenters. The second-order valence-corrected chi connectivity index (χ2v) is 6.89. The van der Waals surface area contributed by atoms with Gasteiger partial charge in [0.2, 0.25) is 0 Å². The second kappa shape index (κ2) is 10.6. The summed E-state index contributed by atoms with van der Waals surface area (Å²) in [4.78, 5) is 21.0. The molecule has 0 radical (unpaired) electrons. The van der Waals surface area contributed by atoms with Gasteiger partial charge in [-0.1, -0.05) is 36.4 Å². The molecule has 1 aliphatic heterocycles. The van der Waals surface area contributed by atoms with Crippen LogP contribution in [0.1, 0.15) is 17.7 Å². The normalized spacial score (nSPS) is 15.4. The maximum atomic E-state index is 11.8. The molecule has 0 aliphatic carbocycles. The van der Waals surface area contributed by atoms with E-state index in [9.17, 15) is 4.79 Å². The summed E-state index contributed by atoms with van der Waals surface area (Å²) in [5.41, 5.74) is 2.24. The van der Waals surface area contributed by atoms with Crippen LogP contribution < -0.4 is 10.6 Å². The number of piperazine rings is 1. The fourth-order valence-electron chi connectivity index (χ4n) is 3.25. The molecule has 2 aromatic rings. The number of amides is 2. The molecule has 1 fully saturated rings. The van der Waals surface area contributed by atoms with E-state index in [1.165, 1.54) is 5.56 Å².